The Hall–Kier alpha value is -1.38. The van der Waals surface area contributed by atoms with Crippen molar-refractivity contribution in [2.75, 3.05) is 12.4 Å². The lowest BCUT2D eigenvalue weighted by atomic mass is 10.3. The van der Waals surface area contributed by atoms with Crippen LogP contribution in [-0.2, 0) is 0 Å². The first-order valence-electron chi connectivity index (χ1n) is 2.96. The third-order valence-electron chi connectivity index (χ3n) is 1.19. The summed E-state index contributed by atoms with van der Waals surface area (Å²) in [5.41, 5.74) is 1.35. The standard InChI is InChI=1S/C7H8N2O/c1-8-6-2-3-9-7(4-6)5-10/h2-5H,1H3,(H,8,9). The summed E-state index contributed by atoms with van der Waals surface area (Å²) >= 11 is 0. The van der Waals surface area contributed by atoms with Crippen molar-refractivity contribution in [1.29, 1.82) is 0 Å². The van der Waals surface area contributed by atoms with Gasteiger partial charge in [0.25, 0.3) is 0 Å². The lowest BCUT2D eigenvalue weighted by molar-refractivity contribution is 0.111. The van der Waals surface area contributed by atoms with Gasteiger partial charge in [0.1, 0.15) is 5.69 Å². The summed E-state index contributed by atoms with van der Waals surface area (Å²) in [6, 6.07) is 3.49. The molecule has 0 aliphatic heterocycles. The van der Waals surface area contributed by atoms with Crippen LogP contribution >= 0.6 is 0 Å². The predicted octanol–water partition coefficient (Wildman–Crippen LogP) is 0.936. The molecule has 0 atom stereocenters. The molecule has 10 heavy (non-hydrogen) atoms. The minimum Gasteiger partial charge on any atom is -0.388 e. The second-order valence-corrected chi connectivity index (χ2v) is 1.84. The molecule has 1 rings (SSSR count). The second-order valence-electron chi connectivity index (χ2n) is 1.84. The smallest absolute Gasteiger partial charge is 0.168 e. The van der Waals surface area contributed by atoms with Crippen LogP contribution in [0.3, 0.4) is 0 Å². The van der Waals surface area contributed by atoms with E-state index in [1.165, 1.54) is 0 Å². The topological polar surface area (TPSA) is 42.0 Å². The molecule has 3 heteroatoms. The van der Waals surface area contributed by atoms with Crippen molar-refractivity contribution < 1.29 is 4.79 Å². The number of aldehydes is 1. The average molecular weight is 136 g/mol. The lowest BCUT2D eigenvalue weighted by Crippen LogP contribution is -1.91. The quantitative estimate of drug-likeness (QED) is 0.615. The fourth-order valence-electron chi connectivity index (χ4n) is 0.668. The van der Waals surface area contributed by atoms with Crippen LogP contribution in [0.25, 0.3) is 0 Å². The van der Waals surface area contributed by atoms with E-state index in [9.17, 15) is 4.79 Å². The summed E-state index contributed by atoms with van der Waals surface area (Å²) in [5.74, 6) is 0. The molecule has 0 saturated carbocycles. The van der Waals surface area contributed by atoms with Crippen LogP contribution in [0.4, 0.5) is 5.69 Å². The minimum absolute atomic E-state index is 0.451. The number of nitrogens with one attached hydrogen (secondary N) is 1. The molecule has 0 spiro atoms. The van der Waals surface area contributed by atoms with Gasteiger partial charge in [0.15, 0.2) is 6.29 Å². The number of hydrogen-bond acceptors (Lipinski definition) is 3. The summed E-state index contributed by atoms with van der Waals surface area (Å²) in [6.07, 6.45) is 2.32. The maximum Gasteiger partial charge on any atom is 0.168 e. The molecule has 1 heterocycles. The van der Waals surface area contributed by atoms with Crippen molar-refractivity contribution in [3.05, 3.63) is 24.0 Å². The van der Waals surface area contributed by atoms with Gasteiger partial charge in [0.05, 0.1) is 0 Å². The monoisotopic (exact) mass is 136 g/mol. The van der Waals surface area contributed by atoms with Crippen LogP contribution < -0.4 is 5.32 Å². The largest absolute Gasteiger partial charge is 0.388 e. The first-order chi connectivity index (χ1) is 4.86. The van der Waals surface area contributed by atoms with Gasteiger partial charge in [0, 0.05) is 18.9 Å². The number of pyridine rings is 1. The molecule has 0 radical (unpaired) electrons. The normalized spacial score (nSPS) is 8.90. The van der Waals surface area contributed by atoms with Crippen LogP contribution in [0.1, 0.15) is 10.5 Å². The molecule has 1 N–H and O–H groups in total. The van der Waals surface area contributed by atoms with Crippen LogP contribution in [0.5, 0.6) is 0 Å². The maximum absolute atomic E-state index is 10.2. The van der Waals surface area contributed by atoms with Gasteiger partial charge in [-0.3, -0.25) is 9.78 Å². The Morgan fingerprint density at radius 3 is 3.10 bits per heavy atom. The molecule has 3 nitrogen and oxygen atoms in total. The highest BCUT2D eigenvalue weighted by atomic mass is 16.1. The van der Waals surface area contributed by atoms with Gasteiger partial charge in [-0.25, -0.2) is 0 Å². The first-order valence-corrected chi connectivity index (χ1v) is 2.96. The number of rotatable bonds is 2. The molecule has 0 saturated heterocycles. The molecule has 0 unspecified atom stereocenters. The highest BCUT2D eigenvalue weighted by Crippen LogP contribution is 2.03. The minimum atomic E-state index is 0.451. The van der Waals surface area contributed by atoms with E-state index in [-0.39, 0.29) is 0 Å². The summed E-state index contributed by atoms with van der Waals surface area (Å²) in [7, 11) is 1.80. The van der Waals surface area contributed by atoms with E-state index in [0.717, 1.165) is 12.0 Å². The van der Waals surface area contributed by atoms with Crippen molar-refractivity contribution in [2.24, 2.45) is 0 Å². The molecule has 0 bridgehead atoms. The number of aromatic nitrogens is 1. The van der Waals surface area contributed by atoms with E-state index in [1.807, 2.05) is 0 Å². The Balaban J connectivity index is 2.98. The van der Waals surface area contributed by atoms with Gasteiger partial charge in [-0.05, 0) is 12.1 Å². The highest BCUT2D eigenvalue weighted by molar-refractivity contribution is 5.73. The summed E-state index contributed by atoms with van der Waals surface area (Å²) in [5, 5.41) is 2.90. The van der Waals surface area contributed by atoms with Crippen molar-refractivity contribution >= 4 is 12.0 Å². The number of nitrogens with zero attached hydrogens (tertiary/aromatic N) is 1. The molecule has 1 aromatic rings. The molecule has 0 amide bonds. The van der Waals surface area contributed by atoms with Gasteiger partial charge in [-0.2, -0.15) is 0 Å². The predicted molar refractivity (Wildman–Crippen MR) is 39.2 cm³/mol. The zero-order chi connectivity index (χ0) is 7.40. The number of carbonyl (C=O) groups excluding carboxylic acids is 1. The summed E-state index contributed by atoms with van der Waals surface area (Å²) < 4.78 is 0. The van der Waals surface area contributed by atoms with Gasteiger partial charge in [-0.1, -0.05) is 0 Å². The molecule has 0 aliphatic carbocycles. The molecular weight excluding hydrogens is 128 g/mol. The molecule has 0 aliphatic rings. The fraction of sp³-hybridized carbons (Fsp3) is 0.143. The average Bonchev–Trinajstić information content (AvgIpc) is 2.05. The van der Waals surface area contributed by atoms with Crippen LogP contribution in [-0.4, -0.2) is 18.3 Å². The van der Waals surface area contributed by atoms with Crippen LogP contribution in [0, 0.1) is 0 Å². The van der Waals surface area contributed by atoms with E-state index in [2.05, 4.69) is 10.3 Å². The van der Waals surface area contributed by atoms with E-state index in [4.69, 9.17) is 0 Å². The van der Waals surface area contributed by atoms with E-state index >= 15 is 0 Å². The van der Waals surface area contributed by atoms with Crippen LogP contribution in [0.15, 0.2) is 18.3 Å². The third kappa shape index (κ3) is 1.31. The van der Waals surface area contributed by atoms with Crippen molar-refractivity contribution in [3.63, 3.8) is 0 Å². The Labute approximate surface area is 59.1 Å². The van der Waals surface area contributed by atoms with Gasteiger partial charge in [-0.15, -0.1) is 0 Å². The molecular formula is C7H8N2O. The van der Waals surface area contributed by atoms with Crippen LogP contribution in [0.2, 0.25) is 0 Å². The summed E-state index contributed by atoms with van der Waals surface area (Å²) in [6.45, 7) is 0. The van der Waals surface area contributed by atoms with E-state index in [0.29, 0.717) is 5.69 Å². The highest BCUT2D eigenvalue weighted by Gasteiger charge is 1.90. The fourth-order valence-corrected chi connectivity index (χ4v) is 0.668. The van der Waals surface area contributed by atoms with Gasteiger partial charge in [0.2, 0.25) is 0 Å². The zero-order valence-electron chi connectivity index (χ0n) is 5.66. The Morgan fingerprint density at radius 1 is 1.70 bits per heavy atom. The maximum atomic E-state index is 10.2. The Morgan fingerprint density at radius 2 is 2.50 bits per heavy atom. The second kappa shape index (κ2) is 2.96. The summed E-state index contributed by atoms with van der Waals surface area (Å²) in [4.78, 5) is 14.0. The lowest BCUT2D eigenvalue weighted by Gasteiger charge is -1.97. The van der Waals surface area contributed by atoms with Gasteiger partial charge < -0.3 is 5.32 Å². The molecule has 1 aromatic heterocycles. The third-order valence-corrected chi connectivity index (χ3v) is 1.19. The van der Waals surface area contributed by atoms with E-state index in [1.54, 1.807) is 25.4 Å². The first kappa shape index (κ1) is 6.74. The SMILES string of the molecule is CNc1ccnc(C=O)c1. The zero-order valence-corrected chi connectivity index (χ0v) is 5.66. The van der Waals surface area contributed by atoms with Crippen molar-refractivity contribution in [1.82, 2.24) is 4.98 Å². The molecule has 0 aromatic carbocycles. The number of anilines is 1. The Bertz CT molecular complexity index is 235. The van der Waals surface area contributed by atoms with Gasteiger partial charge >= 0.3 is 0 Å². The van der Waals surface area contributed by atoms with E-state index < -0.39 is 0 Å². The van der Waals surface area contributed by atoms with Crippen molar-refractivity contribution in [2.45, 2.75) is 0 Å². The number of hydrogen-bond donors (Lipinski definition) is 1. The molecule has 0 fully saturated rings. The van der Waals surface area contributed by atoms with Crippen molar-refractivity contribution in [3.8, 4) is 0 Å². The molecule has 52 valence electrons. The number of carbonyl (C=O) groups is 1. The Kier molecular flexibility index (Phi) is 1.99.